The third-order valence-corrected chi connectivity index (χ3v) is 3.78. The quantitative estimate of drug-likeness (QED) is 0.490. The number of aromatic nitrogens is 3. The molecule has 0 radical (unpaired) electrons. The Morgan fingerprint density at radius 1 is 0.871 bits per heavy atom. The summed E-state index contributed by atoms with van der Waals surface area (Å²) in [7, 11) is 0. The van der Waals surface area contributed by atoms with Crippen molar-refractivity contribution in [3.05, 3.63) is 96.5 Å². The average Bonchev–Trinajstić information content (AvgIpc) is 2.78. The van der Waals surface area contributed by atoms with Crippen LogP contribution < -0.4 is 4.74 Å². The number of hydrogen-bond acceptors (Lipinski definition) is 6. The SMILES string of the molecule is O=C(O)c1cnc(-c2ccncc2)nc1Oc1ccc(F)cc1.Oc1ccc(F)cc1. The van der Waals surface area contributed by atoms with Crippen LogP contribution in [-0.2, 0) is 0 Å². The van der Waals surface area contributed by atoms with Gasteiger partial charge in [0.25, 0.3) is 0 Å². The number of phenols is 1. The fourth-order valence-electron chi connectivity index (χ4n) is 2.29. The highest BCUT2D eigenvalue weighted by atomic mass is 19.1. The van der Waals surface area contributed by atoms with Gasteiger partial charge in [-0.2, -0.15) is 4.98 Å². The minimum Gasteiger partial charge on any atom is -0.508 e. The van der Waals surface area contributed by atoms with E-state index in [0.717, 1.165) is 0 Å². The summed E-state index contributed by atoms with van der Waals surface area (Å²) in [6.07, 6.45) is 4.32. The zero-order valence-electron chi connectivity index (χ0n) is 15.8. The van der Waals surface area contributed by atoms with Gasteiger partial charge in [-0.15, -0.1) is 0 Å². The molecule has 0 aliphatic carbocycles. The number of rotatable bonds is 4. The molecule has 0 saturated carbocycles. The number of carboxylic acid groups (broad SMARTS) is 1. The van der Waals surface area contributed by atoms with Crippen molar-refractivity contribution in [3.8, 4) is 28.8 Å². The van der Waals surface area contributed by atoms with Crippen molar-refractivity contribution in [1.82, 2.24) is 15.0 Å². The number of carboxylic acids is 1. The molecule has 2 aromatic carbocycles. The first kappa shape index (κ1) is 21.3. The van der Waals surface area contributed by atoms with Gasteiger partial charge >= 0.3 is 5.97 Å². The molecule has 0 aliphatic rings. The number of halogens is 2. The molecule has 156 valence electrons. The lowest BCUT2D eigenvalue weighted by Crippen LogP contribution is -2.04. The summed E-state index contributed by atoms with van der Waals surface area (Å²) in [5.74, 6) is -1.43. The highest BCUT2D eigenvalue weighted by Crippen LogP contribution is 2.26. The molecule has 2 aromatic heterocycles. The number of aromatic carboxylic acids is 1. The van der Waals surface area contributed by atoms with Crippen molar-refractivity contribution < 1.29 is 28.5 Å². The number of carbonyl (C=O) groups is 1. The number of pyridine rings is 1. The molecule has 4 aromatic rings. The standard InChI is InChI=1S/C16H10FN3O3.C6H5FO/c17-11-1-3-12(4-2-11)23-15-13(16(21)22)9-19-14(20-15)10-5-7-18-8-6-10;7-5-1-3-6(8)4-2-5/h1-9H,(H,21,22);1-4,8H. The van der Waals surface area contributed by atoms with Crippen LogP contribution >= 0.6 is 0 Å². The number of nitrogens with zero attached hydrogens (tertiary/aromatic N) is 3. The van der Waals surface area contributed by atoms with Crippen molar-refractivity contribution in [2.45, 2.75) is 0 Å². The van der Waals surface area contributed by atoms with Gasteiger partial charge in [-0.3, -0.25) is 4.98 Å². The molecule has 0 saturated heterocycles. The van der Waals surface area contributed by atoms with Crippen molar-refractivity contribution in [3.63, 3.8) is 0 Å². The number of hydrogen-bond donors (Lipinski definition) is 2. The van der Waals surface area contributed by atoms with Crippen LogP contribution in [0.1, 0.15) is 10.4 Å². The Kier molecular flexibility index (Phi) is 6.79. The Bertz CT molecular complexity index is 1130. The van der Waals surface area contributed by atoms with E-state index in [1.807, 2.05) is 0 Å². The van der Waals surface area contributed by atoms with Gasteiger partial charge in [-0.25, -0.2) is 18.6 Å². The number of benzene rings is 2. The van der Waals surface area contributed by atoms with Gasteiger partial charge in [-0.05, 0) is 60.7 Å². The lowest BCUT2D eigenvalue weighted by molar-refractivity contribution is 0.0693. The van der Waals surface area contributed by atoms with Gasteiger partial charge in [0, 0.05) is 24.2 Å². The highest BCUT2D eigenvalue weighted by molar-refractivity contribution is 5.90. The first-order valence-corrected chi connectivity index (χ1v) is 8.81. The second-order valence-corrected chi connectivity index (χ2v) is 5.99. The van der Waals surface area contributed by atoms with Crippen LogP contribution in [0.25, 0.3) is 11.4 Å². The fraction of sp³-hybridized carbons (Fsp3) is 0. The van der Waals surface area contributed by atoms with Gasteiger partial charge in [0.1, 0.15) is 28.7 Å². The van der Waals surface area contributed by atoms with Gasteiger partial charge in [-0.1, -0.05) is 0 Å². The van der Waals surface area contributed by atoms with Gasteiger partial charge in [0.2, 0.25) is 5.88 Å². The Balaban J connectivity index is 0.000000287. The molecule has 0 amide bonds. The molecule has 31 heavy (non-hydrogen) atoms. The first-order chi connectivity index (χ1) is 14.9. The number of phenolic OH excluding ortho intramolecular Hbond substituents is 1. The first-order valence-electron chi connectivity index (χ1n) is 8.81. The fourth-order valence-corrected chi connectivity index (χ4v) is 2.29. The highest BCUT2D eigenvalue weighted by Gasteiger charge is 2.16. The normalized spacial score (nSPS) is 10.0. The van der Waals surface area contributed by atoms with Crippen molar-refractivity contribution >= 4 is 5.97 Å². The molecule has 9 heteroatoms. The lowest BCUT2D eigenvalue weighted by atomic mass is 10.2. The smallest absolute Gasteiger partial charge is 0.342 e. The Morgan fingerprint density at radius 2 is 1.45 bits per heavy atom. The van der Waals surface area contributed by atoms with E-state index < -0.39 is 11.8 Å². The van der Waals surface area contributed by atoms with Crippen molar-refractivity contribution in [1.29, 1.82) is 0 Å². The molecule has 2 N–H and O–H groups in total. The molecule has 2 heterocycles. The van der Waals surface area contributed by atoms with E-state index in [-0.39, 0.29) is 28.8 Å². The van der Waals surface area contributed by atoms with Gasteiger partial charge in [0.15, 0.2) is 5.82 Å². The molecule has 0 unspecified atom stereocenters. The van der Waals surface area contributed by atoms with E-state index >= 15 is 0 Å². The molecule has 0 fully saturated rings. The second-order valence-electron chi connectivity index (χ2n) is 5.99. The molecule has 0 spiro atoms. The van der Waals surface area contributed by atoms with E-state index in [1.54, 1.807) is 24.5 Å². The number of aromatic hydroxyl groups is 1. The summed E-state index contributed by atoms with van der Waals surface area (Å²) in [5.41, 5.74) is 0.480. The maximum absolute atomic E-state index is 12.9. The monoisotopic (exact) mass is 423 g/mol. The predicted molar refractivity (Wildman–Crippen MR) is 107 cm³/mol. The van der Waals surface area contributed by atoms with Crippen LogP contribution in [0.5, 0.6) is 17.4 Å². The summed E-state index contributed by atoms with van der Waals surface area (Å²) in [6, 6.07) is 13.6. The molecule has 4 rings (SSSR count). The van der Waals surface area contributed by atoms with Crippen LogP contribution in [0, 0.1) is 11.6 Å². The summed E-state index contributed by atoms with van der Waals surface area (Å²) >= 11 is 0. The van der Waals surface area contributed by atoms with Crippen LogP contribution in [-0.4, -0.2) is 31.1 Å². The van der Waals surface area contributed by atoms with Crippen LogP contribution in [0.3, 0.4) is 0 Å². The van der Waals surface area contributed by atoms with Gasteiger partial charge in [0.05, 0.1) is 0 Å². The molecule has 7 nitrogen and oxygen atoms in total. The molecular weight excluding hydrogens is 408 g/mol. The Labute approximate surface area is 175 Å². The zero-order valence-corrected chi connectivity index (χ0v) is 15.8. The zero-order chi connectivity index (χ0) is 22.2. The maximum atomic E-state index is 12.9. The Hall–Kier alpha value is -4.40. The maximum Gasteiger partial charge on any atom is 0.342 e. The van der Waals surface area contributed by atoms with E-state index in [9.17, 15) is 18.7 Å². The summed E-state index contributed by atoms with van der Waals surface area (Å²) < 4.78 is 30.4. The minimum atomic E-state index is -1.22. The minimum absolute atomic E-state index is 0.0893. The van der Waals surface area contributed by atoms with Crippen molar-refractivity contribution in [2.75, 3.05) is 0 Å². The lowest BCUT2D eigenvalue weighted by Gasteiger charge is -2.09. The largest absolute Gasteiger partial charge is 0.508 e. The second kappa shape index (κ2) is 9.88. The van der Waals surface area contributed by atoms with Crippen LogP contribution in [0.4, 0.5) is 8.78 Å². The summed E-state index contributed by atoms with van der Waals surface area (Å²) in [4.78, 5) is 23.4. The molecule has 0 bridgehead atoms. The van der Waals surface area contributed by atoms with E-state index in [4.69, 9.17) is 9.84 Å². The average molecular weight is 423 g/mol. The molecule has 0 aliphatic heterocycles. The summed E-state index contributed by atoms with van der Waals surface area (Å²) in [6.45, 7) is 0. The van der Waals surface area contributed by atoms with Gasteiger partial charge < -0.3 is 14.9 Å². The predicted octanol–water partition coefficient (Wildman–Crippen LogP) is 4.70. The molecular formula is C22H15F2N3O4. The third-order valence-electron chi connectivity index (χ3n) is 3.78. The Morgan fingerprint density at radius 3 is 2.00 bits per heavy atom. The third kappa shape index (κ3) is 6.04. The van der Waals surface area contributed by atoms with Crippen molar-refractivity contribution in [2.24, 2.45) is 0 Å². The van der Waals surface area contributed by atoms with Crippen LogP contribution in [0.15, 0.2) is 79.3 Å². The molecule has 0 atom stereocenters. The van der Waals surface area contributed by atoms with E-state index in [0.29, 0.717) is 11.4 Å². The van der Waals surface area contributed by atoms with E-state index in [1.165, 1.54) is 54.7 Å². The van der Waals surface area contributed by atoms with E-state index in [2.05, 4.69) is 15.0 Å². The van der Waals surface area contributed by atoms with Crippen LogP contribution in [0.2, 0.25) is 0 Å². The number of ether oxygens (including phenoxy) is 1. The summed E-state index contributed by atoms with van der Waals surface area (Å²) in [5, 5.41) is 17.8. The topological polar surface area (TPSA) is 105 Å².